The van der Waals surface area contributed by atoms with Crippen molar-refractivity contribution in [1.29, 1.82) is 0 Å². The van der Waals surface area contributed by atoms with Crippen molar-refractivity contribution in [2.45, 2.75) is 71.4 Å². The molecule has 0 aromatic rings. The van der Waals surface area contributed by atoms with E-state index in [9.17, 15) is 0 Å². The molecule has 1 N–H and O–H groups in total. The first-order chi connectivity index (χ1) is 8.70. The zero-order valence-electron chi connectivity index (χ0n) is 12.6. The van der Waals surface area contributed by atoms with Crippen molar-refractivity contribution in [3.63, 3.8) is 0 Å². The third-order valence-corrected chi connectivity index (χ3v) is 5.28. The van der Waals surface area contributed by atoms with Crippen LogP contribution in [0.5, 0.6) is 0 Å². The summed E-state index contributed by atoms with van der Waals surface area (Å²) in [6, 6.07) is 1.48. The van der Waals surface area contributed by atoms with E-state index in [1.807, 2.05) is 0 Å². The normalized spacial score (nSPS) is 36.5. The minimum absolute atomic E-state index is 0.699. The van der Waals surface area contributed by atoms with Gasteiger partial charge in [-0.05, 0) is 57.5 Å². The molecular formula is C16H32N2. The van der Waals surface area contributed by atoms with Crippen molar-refractivity contribution in [1.82, 2.24) is 10.2 Å². The van der Waals surface area contributed by atoms with Gasteiger partial charge in [0.05, 0.1) is 0 Å². The molecule has 4 unspecified atom stereocenters. The van der Waals surface area contributed by atoms with E-state index in [1.165, 1.54) is 58.2 Å². The van der Waals surface area contributed by atoms with Gasteiger partial charge in [0.25, 0.3) is 0 Å². The fourth-order valence-corrected chi connectivity index (χ4v) is 3.82. The molecule has 2 fully saturated rings. The standard InChI is InChI=1S/C16H32N2/c1-4-18-11-7-9-15(12-18)14(3)17-16-10-6-5-8-13(16)2/h13-17H,4-12H2,1-3H3. The lowest BCUT2D eigenvalue weighted by atomic mass is 9.84. The molecule has 4 atom stereocenters. The van der Waals surface area contributed by atoms with E-state index < -0.39 is 0 Å². The van der Waals surface area contributed by atoms with E-state index in [-0.39, 0.29) is 0 Å². The van der Waals surface area contributed by atoms with Gasteiger partial charge in [-0.2, -0.15) is 0 Å². The number of nitrogens with zero attached hydrogens (tertiary/aromatic N) is 1. The molecule has 0 radical (unpaired) electrons. The van der Waals surface area contributed by atoms with Gasteiger partial charge in [0.1, 0.15) is 0 Å². The van der Waals surface area contributed by atoms with E-state index in [4.69, 9.17) is 0 Å². The summed E-state index contributed by atoms with van der Waals surface area (Å²) in [6.07, 6.45) is 8.52. The summed E-state index contributed by atoms with van der Waals surface area (Å²) in [4.78, 5) is 2.62. The van der Waals surface area contributed by atoms with Gasteiger partial charge in [-0.15, -0.1) is 0 Å². The maximum atomic E-state index is 3.96. The number of hydrogen-bond acceptors (Lipinski definition) is 2. The predicted octanol–water partition coefficient (Wildman–Crippen LogP) is 3.28. The van der Waals surface area contributed by atoms with E-state index in [2.05, 4.69) is 31.0 Å². The smallest absolute Gasteiger partial charge is 0.00952 e. The average Bonchev–Trinajstić information content (AvgIpc) is 2.41. The number of piperidine rings is 1. The molecule has 1 heterocycles. The minimum atomic E-state index is 0.699. The van der Waals surface area contributed by atoms with Crippen LogP contribution in [-0.2, 0) is 0 Å². The highest BCUT2D eigenvalue weighted by atomic mass is 15.1. The van der Waals surface area contributed by atoms with Crippen molar-refractivity contribution >= 4 is 0 Å². The van der Waals surface area contributed by atoms with Crippen LogP contribution in [0.1, 0.15) is 59.3 Å². The number of nitrogens with one attached hydrogen (secondary N) is 1. The van der Waals surface area contributed by atoms with Crippen LogP contribution in [0.25, 0.3) is 0 Å². The second-order valence-corrected chi connectivity index (χ2v) is 6.62. The Bertz CT molecular complexity index is 241. The Morgan fingerprint density at radius 1 is 1.17 bits per heavy atom. The van der Waals surface area contributed by atoms with Crippen LogP contribution in [0.4, 0.5) is 0 Å². The zero-order chi connectivity index (χ0) is 13.0. The first kappa shape index (κ1) is 14.3. The Morgan fingerprint density at radius 2 is 1.94 bits per heavy atom. The summed E-state index contributed by atoms with van der Waals surface area (Å²) in [5, 5.41) is 3.96. The van der Waals surface area contributed by atoms with E-state index in [0.717, 1.165) is 17.9 Å². The molecule has 1 aliphatic heterocycles. The van der Waals surface area contributed by atoms with Crippen LogP contribution in [0.3, 0.4) is 0 Å². The van der Waals surface area contributed by atoms with Gasteiger partial charge in [-0.3, -0.25) is 0 Å². The third kappa shape index (κ3) is 3.71. The SMILES string of the molecule is CCN1CCCC(C(C)NC2CCCCC2C)C1. The summed E-state index contributed by atoms with van der Waals surface area (Å²) in [5.41, 5.74) is 0. The molecule has 1 aliphatic carbocycles. The molecule has 0 amide bonds. The lowest BCUT2D eigenvalue weighted by molar-refractivity contribution is 0.141. The van der Waals surface area contributed by atoms with Crippen molar-refractivity contribution < 1.29 is 0 Å². The van der Waals surface area contributed by atoms with Crippen molar-refractivity contribution in [3.8, 4) is 0 Å². The topological polar surface area (TPSA) is 15.3 Å². The Labute approximate surface area is 114 Å². The molecule has 2 heteroatoms. The Hall–Kier alpha value is -0.0800. The van der Waals surface area contributed by atoms with Crippen LogP contribution in [0, 0.1) is 11.8 Å². The summed E-state index contributed by atoms with van der Waals surface area (Å²) >= 11 is 0. The highest BCUT2D eigenvalue weighted by Crippen LogP contribution is 2.26. The van der Waals surface area contributed by atoms with Gasteiger partial charge in [-0.25, -0.2) is 0 Å². The molecule has 1 saturated carbocycles. The molecule has 0 aromatic heterocycles. The van der Waals surface area contributed by atoms with Crippen molar-refractivity contribution in [2.75, 3.05) is 19.6 Å². The summed E-state index contributed by atoms with van der Waals surface area (Å²) in [7, 11) is 0. The predicted molar refractivity (Wildman–Crippen MR) is 78.9 cm³/mol. The summed E-state index contributed by atoms with van der Waals surface area (Å²) < 4.78 is 0. The quantitative estimate of drug-likeness (QED) is 0.826. The molecule has 2 rings (SSSR count). The summed E-state index contributed by atoms with van der Waals surface area (Å²) in [5.74, 6) is 1.75. The second kappa shape index (κ2) is 6.91. The van der Waals surface area contributed by atoms with Gasteiger partial charge in [0, 0.05) is 18.6 Å². The largest absolute Gasteiger partial charge is 0.311 e. The van der Waals surface area contributed by atoms with Gasteiger partial charge >= 0.3 is 0 Å². The van der Waals surface area contributed by atoms with Crippen LogP contribution in [0.15, 0.2) is 0 Å². The number of rotatable bonds is 4. The second-order valence-electron chi connectivity index (χ2n) is 6.62. The molecule has 18 heavy (non-hydrogen) atoms. The number of hydrogen-bond donors (Lipinski definition) is 1. The van der Waals surface area contributed by atoms with E-state index >= 15 is 0 Å². The molecule has 2 aliphatic rings. The van der Waals surface area contributed by atoms with Crippen LogP contribution < -0.4 is 5.32 Å². The maximum absolute atomic E-state index is 3.96. The number of likely N-dealkylation sites (tertiary alicyclic amines) is 1. The van der Waals surface area contributed by atoms with Gasteiger partial charge in [0.15, 0.2) is 0 Å². The first-order valence-electron chi connectivity index (χ1n) is 8.19. The summed E-state index contributed by atoms with van der Waals surface area (Å²) in [6.45, 7) is 11.0. The van der Waals surface area contributed by atoms with E-state index in [0.29, 0.717) is 6.04 Å². The Morgan fingerprint density at radius 3 is 2.67 bits per heavy atom. The monoisotopic (exact) mass is 252 g/mol. The molecule has 106 valence electrons. The Balaban J connectivity index is 1.81. The van der Waals surface area contributed by atoms with E-state index in [1.54, 1.807) is 0 Å². The Kier molecular flexibility index (Phi) is 5.50. The molecule has 0 spiro atoms. The minimum Gasteiger partial charge on any atom is -0.311 e. The highest BCUT2D eigenvalue weighted by Gasteiger charge is 2.28. The lowest BCUT2D eigenvalue weighted by Gasteiger charge is -2.39. The van der Waals surface area contributed by atoms with Crippen LogP contribution >= 0.6 is 0 Å². The molecule has 0 bridgehead atoms. The fourth-order valence-electron chi connectivity index (χ4n) is 3.82. The molecule has 2 nitrogen and oxygen atoms in total. The first-order valence-corrected chi connectivity index (χ1v) is 8.19. The maximum Gasteiger partial charge on any atom is 0.00952 e. The average molecular weight is 252 g/mol. The van der Waals surface area contributed by atoms with Gasteiger partial charge in [-0.1, -0.05) is 26.7 Å². The van der Waals surface area contributed by atoms with Crippen LogP contribution in [-0.4, -0.2) is 36.6 Å². The third-order valence-electron chi connectivity index (χ3n) is 5.28. The highest BCUT2D eigenvalue weighted by molar-refractivity contribution is 4.85. The van der Waals surface area contributed by atoms with Gasteiger partial charge in [0.2, 0.25) is 0 Å². The lowest BCUT2D eigenvalue weighted by Crippen LogP contribution is -2.49. The molecular weight excluding hydrogens is 220 g/mol. The van der Waals surface area contributed by atoms with Crippen LogP contribution in [0.2, 0.25) is 0 Å². The zero-order valence-corrected chi connectivity index (χ0v) is 12.6. The van der Waals surface area contributed by atoms with Crippen molar-refractivity contribution in [2.24, 2.45) is 11.8 Å². The van der Waals surface area contributed by atoms with Gasteiger partial charge < -0.3 is 10.2 Å². The molecule has 0 aromatic carbocycles. The molecule has 1 saturated heterocycles. The van der Waals surface area contributed by atoms with Crippen molar-refractivity contribution in [3.05, 3.63) is 0 Å². The fraction of sp³-hybridized carbons (Fsp3) is 1.00.